The van der Waals surface area contributed by atoms with E-state index in [4.69, 9.17) is 9.84 Å². The molecule has 0 fully saturated rings. The van der Waals surface area contributed by atoms with E-state index in [0.29, 0.717) is 11.4 Å². The minimum Gasteiger partial charge on any atom is -0.478 e. The van der Waals surface area contributed by atoms with Gasteiger partial charge >= 0.3 is 5.97 Å². The van der Waals surface area contributed by atoms with E-state index in [-0.39, 0.29) is 5.75 Å². The molecule has 2 aromatic heterocycles. The minimum absolute atomic E-state index is 0.229. The van der Waals surface area contributed by atoms with E-state index in [9.17, 15) is 9.18 Å². The highest BCUT2D eigenvalue weighted by molar-refractivity contribution is 5.88. The second-order valence-electron chi connectivity index (χ2n) is 4.83. The first-order chi connectivity index (χ1) is 11.0. The summed E-state index contributed by atoms with van der Waals surface area (Å²) in [4.78, 5) is 15.2. The first-order valence-electron chi connectivity index (χ1n) is 6.69. The molecule has 0 aliphatic heterocycles. The first-order valence-corrected chi connectivity index (χ1v) is 6.69. The van der Waals surface area contributed by atoms with Gasteiger partial charge in [-0.3, -0.25) is 9.67 Å². The van der Waals surface area contributed by atoms with Crippen LogP contribution in [0.3, 0.4) is 0 Å². The van der Waals surface area contributed by atoms with Crippen molar-refractivity contribution in [1.82, 2.24) is 14.8 Å². The molecule has 0 unspecified atom stereocenters. The smallest absolute Gasteiger partial charge is 0.338 e. The molecule has 116 valence electrons. The van der Waals surface area contributed by atoms with Gasteiger partial charge < -0.3 is 9.84 Å². The molecule has 0 spiro atoms. The Balaban J connectivity index is 1.89. The number of hydrogen-bond donors (Lipinski definition) is 1. The molecule has 0 amide bonds. The van der Waals surface area contributed by atoms with Gasteiger partial charge in [0.2, 0.25) is 0 Å². The van der Waals surface area contributed by atoms with E-state index in [1.54, 1.807) is 36.3 Å². The summed E-state index contributed by atoms with van der Waals surface area (Å²) in [6.07, 6.45) is 5.05. The van der Waals surface area contributed by atoms with Crippen LogP contribution in [0.25, 0.3) is 11.3 Å². The van der Waals surface area contributed by atoms with Crippen LogP contribution < -0.4 is 4.74 Å². The minimum atomic E-state index is -1.35. The molecule has 1 aromatic carbocycles. The third-order valence-electron chi connectivity index (χ3n) is 3.14. The van der Waals surface area contributed by atoms with Gasteiger partial charge in [0.05, 0.1) is 17.5 Å². The van der Waals surface area contributed by atoms with Crippen molar-refractivity contribution in [1.29, 1.82) is 0 Å². The van der Waals surface area contributed by atoms with Crippen LogP contribution in [0, 0.1) is 5.82 Å². The zero-order valence-electron chi connectivity index (χ0n) is 12.1. The number of carboxylic acid groups (broad SMARTS) is 1. The van der Waals surface area contributed by atoms with Crippen LogP contribution in [0.4, 0.5) is 4.39 Å². The molecular weight excluding hydrogens is 301 g/mol. The van der Waals surface area contributed by atoms with Crippen molar-refractivity contribution < 1.29 is 19.0 Å². The molecule has 23 heavy (non-hydrogen) atoms. The van der Waals surface area contributed by atoms with Gasteiger partial charge in [-0.25, -0.2) is 9.18 Å². The van der Waals surface area contributed by atoms with Crippen molar-refractivity contribution in [3.05, 3.63) is 60.3 Å². The van der Waals surface area contributed by atoms with Crippen LogP contribution in [0.5, 0.6) is 11.5 Å². The number of carboxylic acids is 1. The van der Waals surface area contributed by atoms with Crippen molar-refractivity contribution in [3.63, 3.8) is 0 Å². The zero-order valence-corrected chi connectivity index (χ0v) is 12.1. The fraction of sp³-hybridized carbons (Fsp3) is 0.0625. The number of aromatic nitrogens is 3. The van der Waals surface area contributed by atoms with Gasteiger partial charge in [0.15, 0.2) is 0 Å². The second kappa shape index (κ2) is 5.88. The van der Waals surface area contributed by atoms with Gasteiger partial charge in [-0.2, -0.15) is 5.10 Å². The predicted octanol–water partition coefficient (Wildman–Crippen LogP) is 3.11. The number of aromatic carboxylic acids is 1. The highest BCUT2D eigenvalue weighted by atomic mass is 19.1. The lowest BCUT2D eigenvalue weighted by molar-refractivity contribution is 0.0691. The van der Waals surface area contributed by atoms with Gasteiger partial charge in [-0.1, -0.05) is 0 Å². The predicted molar refractivity (Wildman–Crippen MR) is 79.9 cm³/mol. The summed E-state index contributed by atoms with van der Waals surface area (Å²) in [6, 6.07) is 6.89. The van der Waals surface area contributed by atoms with Crippen LogP contribution in [0.15, 0.2) is 48.9 Å². The summed E-state index contributed by atoms with van der Waals surface area (Å²) in [5.74, 6) is -1.47. The molecule has 0 aliphatic carbocycles. The van der Waals surface area contributed by atoms with Gasteiger partial charge in [0.25, 0.3) is 0 Å². The average Bonchev–Trinajstić information content (AvgIpc) is 2.96. The summed E-state index contributed by atoms with van der Waals surface area (Å²) in [5.41, 5.74) is 1.04. The molecule has 0 bridgehead atoms. The van der Waals surface area contributed by atoms with Crippen LogP contribution >= 0.6 is 0 Å². The molecular formula is C16H12FN3O3. The van der Waals surface area contributed by atoms with Crippen molar-refractivity contribution in [2.75, 3.05) is 0 Å². The number of nitrogens with zero attached hydrogens (tertiary/aromatic N) is 3. The van der Waals surface area contributed by atoms with E-state index < -0.39 is 17.3 Å². The van der Waals surface area contributed by atoms with Crippen LogP contribution in [-0.4, -0.2) is 25.8 Å². The molecule has 2 heterocycles. The lowest BCUT2D eigenvalue weighted by atomic mass is 10.2. The largest absolute Gasteiger partial charge is 0.478 e. The van der Waals surface area contributed by atoms with Crippen LogP contribution in [-0.2, 0) is 7.05 Å². The number of pyridine rings is 1. The SMILES string of the molecule is Cn1cc(-c2cc(Oc3ccc(F)c(C(=O)O)c3)ccn2)cn1. The number of hydrogen-bond acceptors (Lipinski definition) is 4. The summed E-state index contributed by atoms with van der Waals surface area (Å²) in [6.45, 7) is 0. The van der Waals surface area contributed by atoms with E-state index in [2.05, 4.69) is 10.1 Å². The normalized spacial score (nSPS) is 10.5. The molecule has 6 nitrogen and oxygen atoms in total. The molecule has 7 heteroatoms. The van der Waals surface area contributed by atoms with Gasteiger partial charge in [-0.15, -0.1) is 0 Å². The maximum absolute atomic E-state index is 13.4. The number of benzene rings is 1. The lowest BCUT2D eigenvalue weighted by Gasteiger charge is -2.08. The molecule has 0 radical (unpaired) electrons. The Labute approximate surface area is 130 Å². The Morgan fingerprint density at radius 3 is 2.74 bits per heavy atom. The van der Waals surface area contributed by atoms with Crippen LogP contribution in [0.2, 0.25) is 0 Å². The Morgan fingerprint density at radius 1 is 1.26 bits per heavy atom. The maximum atomic E-state index is 13.4. The van der Waals surface area contributed by atoms with Gasteiger partial charge in [0.1, 0.15) is 17.3 Å². The highest BCUT2D eigenvalue weighted by Gasteiger charge is 2.12. The quantitative estimate of drug-likeness (QED) is 0.801. The number of halogens is 1. The van der Waals surface area contributed by atoms with Crippen LogP contribution in [0.1, 0.15) is 10.4 Å². The van der Waals surface area contributed by atoms with E-state index in [1.165, 1.54) is 6.07 Å². The Morgan fingerprint density at radius 2 is 2.04 bits per heavy atom. The van der Waals surface area contributed by atoms with Crippen molar-refractivity contribution in [2.24, 2.45) is 7.05 Å². The van der Waals surface area contributed by atoms with Crippen molar-refractivity contribution in [3.8, 4) is 22.8 Å². The topological polar surface area (TPSA) is 77.2 Å². The number of rotatable bonds is 4. The molecule has 3 rings (SSSR count). The third-order valence-corrected chi connectivity index (χ3v) is 3.14. The Hall–Kier alpha value is -3.22. The van der Waals surface area contributed by atoms with Gasteiger partial charge in [0, 0.05) is 31.1 Å². The third kappa shape index (κ3) is 3.18. The monoisotopic (exact) mass is 313 g/mol. The summed E-state index contributed by atoms with van der Waals surface area (Å²) < 4.78 is 20.6. The average molecular weight is 313 g/mol. The van der Waals surface area contributed by atoms with Crippen molar-refractivity contribution >= 4 is 5.97 Å². The Kier molecular flexibility index (Phi) is 3.76. The molecule has 0 aliphatic rings. The maximum Gasteiger partial charge on any atom is 0.338 e. The zero-order chi connectivity index (χ0) is 16.4. The molecule has 0 atom stereocenters. The van der Waals surface area contributed by atoms with Crippen molar-refractivity contribution in [2.45, 2.75) is 0 Å². The lowest BCUT2D eigenvalue weighted by Crippen LogP contribution is -2.00. The van der Waals surface area contributed by atoms with Gasteiger partial charge in [-0.05, 0) is 24.3 Å². The highest BCUT2D eigenvalue weighted by Crippen LogP contribution is 2.26. The summed E-state index contributed by atoms with van der Waals surface area (Å²) >= 11 is 0. The first kappa shape index (κ1) is 14.7. The molecule has 3 aromatic rings. The second-order valence-corrected chi connectivity index (χ2v) is 4.83. The summed E-state index contributed by atoms with van der Waals surface area (Å²) in [7, 11) is 1.80. The fourth-order valence-corrected chi connectivity index (χ4v) is 2.05. The van der Waals surface area contributed by atoms with E-state index in [1.807, 2.05) is 6.20 Å². The molecule has 0 saturated heterocycles. The van der Waals surface area contributed by atoms with E-state index in [0.717, 1.165) is 17.7 Å². The summed E-state index contributed by atoms with van der Waals surface area (Å²) in [5, 5.41) is 13.0. The van der Waals surface area contributed by atoms with E-state index >= 15 is 0 Å². The molecule has 0 saturated carbocycles. The molecule has 1 N–H and O–H groups in total. The number of ether oxygens (including phenoxy) is 1. The fourth-order valence-electron chi connectivity index (χ4n) is 2.05. The number of carbonyl (C=O) groups is 1. The standard InChI is InChI=1S/C16H12FN3O3/c1-20-9-10(8-19-20)15-7-12(4-5-18-15)23-11-2-3-14(17)13(6-11)16(21)22/h2-9H,1H3,(H,21,22). The number of aryl methyl sites for hydroxylation is 1. The Bertz CT molecular complexity index is 877.